The highest BCUT2D eigenvalue weighted by Gasteiger charge is 2.14. The molecule has 4 rings (SSSR count). The number of nitrogens with zero attached hydrogens (tertiary/aromatic N) is 4. The van der Waals surface area contributed by atoms with E-state index in [1.807, 2.05) is 54.1 Å². The monoisotopic (exact) mass is 388 g/mol. The molecule has 0 fully saturated rings. The van der Waals surface area contributed by atoms with Gasteiger partial charge in [0, 0.05) is 30.3 Å². The largest absolute Gasteiger partial charge is 0.312 e. The summed E-state index contributed by atoms with van der Waals surface area (Å²) < 4.78 is 1.90. The van der Waals surface area contributed by atoms with Crippen molar-refractivity contribution in [2.24, 2.45) is 7.05 Å². The molecule has 0 aliphatic heterocycles. The Morgan fingerprint density at radius 3 is 2.71 bits per heavy atom. The van der Waals surface area contributed by atoms with E-state index >= 15 is 0 Å². The maximum Gasteiger partial charge on any atom is 0.191 e. The Morgan fingerprint density at radius 1 is 1.11 bits per heavy atom. The van der Waals surface area contributed by atoms with E-state index in [9.17, 15) is 4.79 Å². The highest BCUT2D eigenvalue weighted by molar-refractivity contribution is 7.99. The summed E-state index contributed by atoms with van der Waals surface area (Å²) >= 11 is 1.65. The van der Waals surface area contributed by atoms with Crippen LogP contribution in [0.5, 0.6) is 0 Å². The van der Waals surface area contributed by atoms with Gasteiger partial charge < -0.3 is 4.57 Å². The lowest BCUT2D eigenvalue weighted by Crippen LogP contribution is -2.06. The van der Waals surface area contributed by atoms with Crippen molar-refractivity contribution in [1.29, 1.82) is 0 Å². The smallest absolute Gasteiger partial charge is 0.191 e. The number of pyridine rings is 1. The van der Waals surface area contributed by atoms with Gasteiger partial charge in [-0.2, -0.15) is 0 Å². The fraction of sp³-hybridized carbons (Fsp3) is 0.182. The first-order chi connectivity index (χ1) is 13.6. The van der Waals surface area contributed by atoms with Crippen LogP contribution < -0.4 is 0 Å². The second-order valence-corrected chi connectivity index (χ2v) is 8.05. The van der Waals surface area contributed by atoms with Gasteiger partial charge in [0.05, 0.1) is 0 Å². The van der Waals surface area contributed by atoms with Gasteiger partial charge in [-0.25, -0.2) is 0 Å². The van der Waals surface area contributed by atoms with Crippen LogP contribution in [0.1, 0.15) is 33.8 Å². The van der Waals surface area contributed by atoms with Crippen LogP contribution in [0, 0.1) is 0 Å². The third-order valence-electron chi connectivity index (χ3n) is 4.65. The lowest BCUT2D eigenvalue weighted by Gasteiger charge is -2.12. The van der Waals surface area contributed by atoms with E-state index in [2.05, 4.69) is 34.2 Å². The van der Waals surface area contributed by atoms with Crippen molar-refractivity contribution in [2.45, 2.75) is 23.8 Å². The molecular weight excluding hydrogens is 368 g/mol. The molecule has 2 aromatic heterocycles. The lowest BCUT2D eigenvalue weighted by atomic mass is 10.0. The highest BCUT2D eigenvalue weighted by atomic mass is 32.2. The molecule has 0 saturated heterocycles. The van der Waals surface area contributed by atoms with E-state index in [0.29, 0.717) is 12.1 Å². The van der Waals surface area contributed by atoms with Crippen molar-refractivity contribution in [2.75, 3.05) is 0 Å². The molecule has 0 amide bonds. The van der Waals surface area contributed by atoms with Gasteiger partial charge in [0.15, 0.2) is 10.9 Å². The topological polar surface area (TPSA) is 60.7 Å². The fourth-order valence-corrected chi connectivity index (χ4v) is 3.98. The second kappa shape index (κ2) is 7.94. The third-order valence-corrected chi connectivity index (χ3v) is 5.86. The van der Waals surface area contributed by atoms with Gasteiger partial charge in [0.25, 0.3) is 0 Å². The number of rotatable bonds is 6. The molecule has 4 aromatic rings. The molecule has 0 saturated carbocycles. The zero-order valence-corrected chi connectivity index (χ0v) is 16.6. The molecule has 2 heterocycles. The van der Waals surface area contributed by atoms with Crippen LogP contribution in [0.3, 0.4) is 0 Å². The summed E-state index contributed by atoms with van der Waals surface area (Å²) in [6.45, 7) is 2.13. The SMILES string of the molecule is C[C@@H](Sc1nncn1C)c1cccc(CC(=O)c2cc3ccccc3cn2)c1. The summed E-state index contributed by atoms with van der Waals surface area (Å²) in [4.78, 5) is 17.1. The molecule has 2 aromatic carbocycles. The average Bonchev–Trinajstić information content (AvgIpc) is 3.12. The van der Waals surface area contributed by atoms with E-state index in [4.69, 9.17) is 0 Å². The van der Waals surface area contributed by atoms with Crippen molar-refractivity contribution in [1.82, 2.24) is 19.7 Å². The first-order valence-electron chi connectivity index (χ1n) is 9.07. The first-order valence-corrected chi connectivity index (χ1v) is 9.95. The number of Topliss-reactive ketones (excluding diaryl/α,β-unsaturated/α-hetero) is 1. The van der Waals surface area contributed by atoms with Crippen molar-refractivity contribution in [3.05, 3.63) is 83.9 Å². The summed E-state index contributed by atoms with van der Waals surface area (Å²) in [5.74, 6) is 0.0245. The number of aromatic nitrogens is 4. The van der Waals surface area contributed by atoms with E-state index in [1.54, 1.807) is 24.3 Å². The Hall–Kier alpha value is -2.99. The molecule has 0 aliphatic rings. The molecule has 1 atom stereocenters. The van der Waals surface area contributed by atoms with Gasteiger partial charge in [-0.3, -0.25) is 9.78 Å². The average molecular weight is 388 g/mol. The zero-order chi connectivity index (χ0) is 19.5. The maximum absolute atomic E-state index is 12.8. The summed E-state index contributed by atoms with van der Waals surface area (Å²) in [7, 11) is 1.93. The zero-order valence-electron chi connectivity index (χ0n) is 15.7. The molecule has 0 bridgehead atoms. The number of carbonyl (C=O) groups is 1. The maximum atomic E-state index is 12.8. The summed E-state index contributed by atoms with van der Waals surface area (Å²) in [5.41, 5.74) is 2.65. The van der Waals surface area contributed by atoms with E-state index in [0.717, 1.165) is 27.1 Å². The molecule has 28 heavy (non-hydrogen) atoms. The summed E-state index contributed by atoms with van der Waals surface area (Å²) in [6, 6.07) is 18.0. The molecule has 5 nitrogen and oxygen atoms in total. The minimum Gasteiger partial charge on any atom is -0.312 e. The Kier molecular flexibility index (Phi) is 5.21. The van der Waals surface area contributed by atoms with Gasteiger partial charge >= 0.3 is 0 Å². The summed E-state index contributed by atoms with van der Waals surface area (Å²) in [5, 5.41) is 11.2. The molecule has 0 N–H and O–H groups in total. The normalized spacial score (nSPS) is 12.2. The van der Waals surface area contributed by atoms with E-state index in [1.165, 1.54) is 0 Å². The number of benzene rings is 2. The standard InChI is InChI=1S/C22H20N4OS/c1-15(28-22-25-24-14-26(22)2)17-9-5-6-16(10-17)11-21(27)20-12-18-7-3-4-8-19(18)13-23-20/h3-10,12-15H,11H2,1-2H3/t15-/m1/s1. The van der Waals surface area contributed by atoms with Gasteiger partial charge in [-0.15, -0.1) is 10.2 Å². The van der Waals surface area contributed by atoms with Crippen LogP contribution in [-0.4, -0.2) is 25.5 Å². The highest BCUT2D eigenvalue weighted by Crippen LogP contribution is 2.33. The Labute approximate surface area is 167 Å². The predicted molar refractivity (Wildman–Crippen MR) is 111 cm³/mol. The number of aryl methyl sites for hydroxylation is 1. The number of hydrogen-bond donors (Lipinski definition) is 0. The molecular formula is C22H20N4OS. The van der Waals surface area contributed by atoms with E-state index < -0.39 is 0 Å². The number of fused-ring (bicyclic) bond motifs is 1. The van der Waals surface area contributed by atoms with Crippen LogP contribution >= 0.6 is 11.8 Å². The van der Waals surface area contributed by atoms with Crippen molar-refractivity contribution in [3.8, 4) is 0 Å². The van der Waals surface area contributed by atoms with Crippen molar-refractivity contribution >= 4 is 28.3 Å². The number of hydrogen-bond acceptors (Lipinski definition) is 5. The molecule has 6 heteroatoms. The van der Waals surface area contributed by atoms with Crippen LogP contribution in [0.2, 0.25) is 0 Å². The number of ketones is 1. The van der Waals surface area contributed by atoms with Gasteiger partial charge in [-0.1, -0.05) is 60.3 Å². The van der Waals surface area contributed by atoms with Crippen LogP contribution in [0.4, 0.5) is 0 Å². The Balaban J connectivity index is 1.50. The van der Waals surface area contributed by atoms with Crippen LogP contribution in [0.15, 0.2) is 72.3 Å². The van der Waals surface area contributed by atoms with Gasteiger partial charge in [0.1, 0.15) is 12.0 Å². The van der Waals surface area contributed by atoms with Gasteiger partial charge in [0.2, 0.25) is 0 Å². The minimum atomic E-state index is 0.0245. The molecule has 0 radical (unpaired) electrons. The minimum absolute atomic E-state index is 0.0245. The van der Waals surface area contributed by atoms with E-state index in [-0.39, 0.29) is 11.0 Å². The molecule has 0 unspecified atom stereocenters. The number of thioether (sulfide) groups is 1. The van der Waals surface area contributed by atoms with Crippen LogP contribution in [0.25, 0.3) is 10.8 Å². The molecule has 0 aliphatic carbocycles. The quantitative estimate of drug-likeness (QED) is 0.356. The molecule has 140 valence electrons. The van der Waals surface area contributed by atoms with Gasteiger partial charge in [-0.05, 0) is 29.5 Å². The Bertz CT molecular complexity index is 1140. The Morgan fingerprint density at radius 2 is 1.93 bits per heavy atom. The lowest BCUT2D eigenvalue weighted by molar-refractivity contribution is 0.0988. The van der Waals surface area contributed by atoms with Crippen LogP contribution in [-0.2, 0) is 13.5 Å². The fourth-order valence-electron chi connectivity index (χ4n) is 3.07. The summed E-state index contributed by atoms with van der Waals surface area (Å²) in [6.07, 6.45) is 3.79. The molecule has 0 spiro atoms. The predicted octanol–water partition coefficient (Wildman–Crippen LogP) is 4.64. The second-order valence-electron chi connectivity index (χ2n) is 6.75. The first kappa shape index (κ1) is 18.4. The van der Waals surface area contributed by atoms with Crippen molar-refractivity contribution in [3.63, 3.8) is 0 Å². The van der Waals surface area contributed by atoms with Crippen molar-refractivity contribution < 1.29 is 4.79 Å². The number of carbonyl (C=O) groups excluding carboxylic acids is 1. The third kappa shape index (κ3) is 3.97.